The highest BCUT2D eigenvalue weighted by atomic mass is 19.1. The Morgan fingerprint density at radius 1 is 1.14 bits per heavy atom. The number of halogens is 2. The van der Waals surface area contributed by atoms with Crippen LogP contribution in [0.5, 0.6) is 5.75 Å². The Labute approximate surface area is 121 Å². The Kier molecular flexibility index (Phi) is 3.37. The van der Waals surface area contributed by atoms with E-state index in [4.69, 9.17) is 9.15 Å². The molecule has 0 radical (unpaired) electrons. The number of ether oxygens (including phenoxy) is 1. The third-order valence-corrected chi connectivity index (χ3v) is 2.77. The van der Waals surface area contributed by atoms with E-state index in [0.29, 0.717) is 16.7 Å². The molecule has 2 heterocycles. The SMILES string of the molecule is COc1ccc2cc(Nc3nc(F)nc(F)n3)c(=O)oc2c1. The number of benzene rings is 1. The highest BCUT2D eigenvalue weighted by Crippen LogP contribution is 2.22. The first kappa shape index (κ1) is 13.9. The molecule has 1 N–H and O–H groups in total. The molecule has 0 aliphatic rings. The molecule has 22 heavy (non-hydrogen) atoms. The fourth-order valence-electron chi connectivity index (χ4n) is 1.81. The Morgan fingerprint density at radius 2 is 1.86 bits per heavy atom. The zero-order chi connectivity index (χ0) is 15.7. The third kappa shape index (κ3) is 2.68. The lowest BCUT2D eigenvalue weighted by molar-refractivity contribution is 0.414. The average Bonchev–Trinajstić information content (AvgIpc) is 2.46. The monoisotopic (exact) mass is 306 g/mol. The van der Waals surface area contributed by atoms with Gasteiger partial charge in [-0.15, -0.1) is 0 Å². The molecular formula is C13H8F2N4O3. The Hall–Kier alpha value is -3.10. The number of aromatic nitrogens is 3. The molecule has 112 valence electrons. The highest BCUT2D eigenvalue weighted by Gasteiger charge is 2.10. The highest BCUT2D eigenvalue weighted by molar-refractivity contribution is 5.81. The molecule has 0 spiro atoms. The summed E-state index contributed by atoms with van der Waals surface area (Å²) in [5, 5.41) is 2.98. The van der Waals surface area contributed by atoms with Gasteiger partial charge >= 0.3 is 17.8 Å². The number of rotatable bonds is 3. The molecule has 0 amide bonds. The van der Waals surface area contributed by atoms with Crippen LogP contribution in [0.15, 0.2) is 33.5 Å². The lowest BCUT2D eigenvalue weighted by atomic mass is 10.2. The van der Waals surface area contributed by atoms with Crippen LogP contribution < -0.4 is 15.7 Å². The van der Waals surface area contributed by atoms with Crippen molar-refractivity contribution in [1.29, 1.82) is 0 Å². The molecule has 0 unspecified atom stereocenters. The lowest BCUT2D eigenvalue weighted by Crippen LogP contribution is -2.10. The fraction of sp³-hybridized carbons (Fsp3) is 0.0769. The number of nitrogens with zero attached hydrogens (tertiary/aromatic N) is 3. The van der Waals surface area contributed by atoms with E-state index >= 15 is 0 Å². The van der Waals surface area contributed by atoms with Crippen molar-refractivity contribution < 1.29 is 17.9 Å². The molecule has 0 saturated heterocycles. The van der Waals surface area contributed by atoms with Crippen molar-refractivity contribution in [3.63, 3.8) is 0 Å². The first-order valence-corrected chi connectivity index (χ1v) is 6.01. The van der Waals surface area contributed by atoms with Crippen LogP contribution >= 0.6 is 0 Å². The normalized spacial score (nSPS) is 10.7. The van der Waals surface area contributed by atoms with Crippen molar-refractivity contribution in [2.75, 3.05) is 12.4 Å². The quantitative estimate of drug-likeness (QED) is 0.740. The van der Waals surface area contributed by atoms with E-state index in [0.717, 1.165) is 0 Å². The van der Waals surface area contributed by atoms with Crippen LogP contribution in [0, 0.1) is 12.2 Å². The second-order valence-corrected chi connectivity index (χ2v) is 4.17. The van der Waals surface area contributed by atoms with Crippen LogP contribution in [-0.2, 0) is 0 Å². The molecule has 0 atom stereocenters. The van der Waals surface area contributed by atoms with Gasteiger partial charge in [-0.05, 0) is 18.2 Å². The van der Waals surface area contributed by atoms with Gasteiger partial charge in [0, 0.05) is 11.5 Å². The van der Waals surface area contributed by atoms with Gasteiger partial charge in [-0.1, -0.05) is 0 Å². The van der Waals surface area contributed by atoms with Crippen molar-refractivity contribution in [1.82, 2.24) is 15.0 Å². The molecule has 0 saturated carbocycles. The average molecular weight is 306 g/mol. The second kappa shape index (κ2) is 5.35. The molecule has 3 aromatic rings. The van der Waals surface area contributed by atoms with E-state index in [1.54, 1.807) is 18.2 Å². The Morgan fingerprint density at radius 3 is 2.55 bits per heavy atom. The summed E-state index contributed by atoms with van der Waals surface area (Å²) in [5.41, 5.74) is -0.507. The van der Waals surface area contributed by atoms with E-state index in [-0.39, 0.29) is 5.69 Å². The van der Waals surface area contributed by atoms with Gasteiger partial charge < -0.3 is 14.5 Å². The van der Waals surface area contributed by atoms with Crippen molar-refractivity contribution in [3.8, 4) is 5.75 Å². The van der Waals surface area contributed by atoms with Crippen LogP contribution in [0.2, 0.25) is 0 Å². The minimum Gasteiger partial charge on any atom is -0.497 e. The first-order valence-electron chi connectivity index (χ1n) is 6.01. The predicted molar refractivity (Wildman–Crippen MR) is 72.1 cm³/mol. The van der Waals surface area contributed by atoms with E-state index < -0.39 is 23.7 Å². The Bertz CT molecular complexity index is 893. The number of methoxy groups -OCH3 is 1. The summed E-state index contributed by atoms with van der Waals surface area (Å²) in [6.07, 6.45) is -2.60. The second-order valence-electron chi connectivity index (χ2n) is 4.17. The fourth-order valence-corrected chi connectivity index (χ4v) is 1.81. The van der Waals surface area contributed by atoms with Gasteiger partial charge in [0.2, 0.25) is 5.95 Å². The number of hydrogen-bond acceptors (Lipinski definition) is 7. The van der Waals surface area contributed by atoms with Gasteiger partial charge in [-0.3, -0.25) is 0 Å². The molecule has 0 aliphatic heterocycles. The van der Waals surface area contributed by atoms with Gasteiger partial charge in [0.15, 0.2) is 0 Å². The zero-order valence-electron chi connectivity index (χ0n) is 11.1. The summed E-state index contributed by atoms with van der Waals surface area (Å²) < 4.78 is 36.0. The lowest BCUT2D eigenvalue weighted by Gasteiger charge is -2.05. The number of anilines is 2. The van der Waals surface area contributed by atoms with Crippen LogP contribution in [0.25, 0.3) is 11.0 Å². The Balaban J connectivity index is 2.03. The van der Waals surface area contributed by atoms with Crippen molar-refractivity contribution in [2.24, 2.45) is 0 Å². The van der Waals surface area contributed by atoms with Crippen molar-refractivity contribution in [3.05, 3.63) is 46.8 Å². The van der Waals surface area contributed by atoms with Crippen LogP contribution in [0.1, 0.15) is 0 Å². The molecule has 0 bridgehead atoms. The number of nitrogens with one attached hydrogen (secondary N) is 1. The molecule has 0 fully saturated rings. The predicted octanol–water partition coefficient (Wildman–Crippen LogP) is 2.01. The minimum absolute atomic E-state index is 0.0670. The van der Waals surface area contributed by atoms with Crippen molar-refractivity contribution >= 4 is 22.6 Å². The van der Waals surface area contributed by atoms with E-state index in [9.17, 15) is 13.6 Å². The smallest absolute Gasteiger partial charge is 0.360 e. The molecule has 2 aromatic heterocycles. The summed E-state index contributed by atoms with van der Waals surface area (Å²) in [6, 6.07) is 6.33. The van der Waals surface area contributed by atoms with Gasteiger partial charge in [0.05, 0.1) is 7.11 Å². The van der Waals surface area contributed by atoms with Crippen molar-refractivity contribution in [2.45, 2.75) is 0 Å². The van der Waals surface area contributed by atoms with E-state index in [2.05, 4.69) is 20.3 Å². The van der Waals surface area contributed by atoms with Crippen LogP contribution in [0.4, 0.5) is 20.4 Å². The molecule has 1 aromatic carbocycles. The summed E-state index contributed by atoms with van der Waals surface area (Å²) in [5.74, 6) is 0.0862. The molecular weight excluding hydrogens is 298 g/mol. The summed E-state index contributed by atoms with van der Waals surface area (Å²) in [7, 11) is 1.49. The molecule has 7 nitrogen and oxygen atoms in total. The number of fused-ring (bicyclic) bond motifs is 1. The standard InChI is InChI=1S/C13H8F2N4O3/c1-21-7-3-2-6-4-8(10(20)22-9(6)5-7)16-13-18-11(14)17-12(15)19-13/h2-5H,1H3,(H,16,17,18,19). The number of hydrogen-bond donors (Lipinski definition) is 1. The first-order chi connectivity index (χ1) is 10.5. The largest absolute Gasteiger partial charge is 0.497 e. The molecule has 9 heteroatoms. The van der Waals surface area contributed by atoms with Crippen LogP contribution in [0.3, 0.4) is 0 Å². The maximum Gasteiger partial charge on any atom is 0.360 e. The van der Waals surface area contributed by atoms with Gasteiger partial charge in [-0.2, -0.15) is 23.7 Å². The summed E-state index contributed by atoms with van der Waals surface area (Å²) >= 11 is 0. The maximum atomic E-state index is 12.9. The zero-order valence-corrected chi connectivity index (χ0v) is 11.1. The third-order valence-electron chi connectivity index (χ3n) is 2.77. The van der Waals surface area contributed by atoms with Crippen LogP contribution in [-0.4, -0.2) is 22.1 Å². The molecule has 3 rings (SSSR count). The van der Waals surface area contributed by atoms with Gasteiger partial charge in [0.1, 0.15) is 17.0 Å². The topological polar surface area (TPSA) is 90.1 Å². The summed E-state index contributed by atoms with van der Waals surface area (Å²) in [6.45, 7) is 0. The minimum atomic E-state index is -1.30. The summed E-state index contributed by atoms with van der Waals surface area (Å²) in [4.78, 5) is 21.1. The van der Waals surface area contributed by atoms with Gasteiger partial charge in [0.25, 0.3) is 0 Å². The van der Waals surface area contributed by atoms with E-state index in [1.807, 2.05) is 0 Å². The van der Waals surface area contributed by atoms with E-state index in [1.165, 1.54) is 13.2 Å². The maximum absolute atomic E-state index is 12.9. The van der Waals surface area contributed by atoms with Gasteiger partial charge in [-0.25, -0.2) is 4.79 Å². The molecule has 0 aliphatic carbocycles.